The van der Waals surface area contributed by atoms with Gasteiger partial charge in [-0.25, -0.2) is 4.39 Å². The summed E-state index contributed by atoms with van der Waals surface area (Å²) >= 11 is 0. The lowest BCUT2D eigenvalue weighted by Crippen LogP contribution is -2.29. The number of aromatic amines is 1. The van der Waals surface area contributed by atoms with Crippen LogP contribution in [0.4, 0.5) is 4.39 Å². The molecular formula is C15H17FN2O. The van der Waals surface area contributed by atoms with Crippen molar-refractivity contribution in [2.24, 2.45) is 5.92 Å². The molecule has 3 rings (SSSR count). The second kappa shape index (κ2) is 5.13. The molecule has 1 aromatic heterocycles. The summed E-state index contributed by atoms with van der Waals surface area (Å²) in [5.41, 5.74) is 1.29. The SMILES string of the molecule is O=c1[nH]c2cc(F)ccc2cc1CC1CCNCC1. The van der Waals surface area contributed by atoms with Crippen molar-refractivity contribution in [1.29, 1.82) is 0 Å². The van der Waals surface area contributed by atoms with Crippen LogP contribution >= 0.6 is 0 Å². The zero-order valence-corrected chi connectivity index (χ0v) is 10.7. The molecule has 1 aromatic carbocycles. The van der Waals surface area contributed by atoms with Gasteiger partial charge in [0.25, 0.3) is 5.56 Å². The predicted octanol–water partition coefficient (Wildman–Crippen LogP) is 2.21. The molecule has 3 nitrogen and oxygen atoms in total. The van der Waals surface area contributed by atoms with Crippen LogP contribution in [-0.2, 0) is 6.42 Å². The fourth-order valence-electron chi connectivity index (χ4n) is 2.77. The van der Waals surface area contributed by atoms with Gasteiger partial charge in [-0.05, 0) is 67.9 Å². The summed E-state index contributed by atoms with van der Waals surface area (Å²) in [6.07, 6.45) is 3.03. The molecule has 0 saturated carbocycles. The van der Waals surface area contributed by atoms with Gasteiger partial charge in [0.2, 0.25) is 0 Å². The molecule has 1 saturated heterocycles. The number of nitrogens with one attached hydrogen (secondary N) is 2. The van der Waals surface area contributed by atoms with Crippen LogP contribution in [0, 0.1) is 11.7 Å². The molecule has 0 radical (unpaired) electrons. The summed E-state index contributed by atoms with van der Waals surface area (Å²) in [5, 5.41) is 4.22. The maximum Gasteiger partial charge on any atom is 0.251 e. The molecule has 0 bridgehead atoms. The van der Waals surface area contributed by atoms with E-state index >= 15 is 0 Å². The lowest BCUT2D eigenvalue weighted by Gasteiger charge is -2.22. The molecule has 0 spiro atoms. The first kappa shape index (κ1) is 12.4. The minimum absolute atomic E-state index is 0.0865. The lowest BCUT2D eigenvalue weighted by molar-refractivity contribution is 0.372. The van der Waals surface area contributed by atoms with E-state index in [9.17, 15) is 9.18 Å². The highest BCUT2D eigenvalue weighted by Gasteiger charge is 2.15. The van der Waals surface area contributed by atoms with Gasteiger partial charge >= 0.3 is 0 Å². The lowest BCUT2D eigenvalue weighted by atomic mass is 9.91. The number of piperidine rings is 1. The Labute approximate surface area is 110 Å². The number of halogens is 1. The highest BCUT2D eigenvalue weighted by Crippen LogP contribution is 2.19. The quantitative estimate of drug-likeness (QED) is 0.869. The Hall–Kier alpha value is -1.68. The van der Waals surface area contributed by atoms with Crippen molar-refractivity contribution in [3.05, 3.63) is 46.0 Å². The molecule has 2 N–H and O–H groups in total. The fraction of sp³-hybridized carbons (Fsp3) is 0.400. The van der Waals surface area contributed by atoms with E-state index in [4.69, 9.17) is 0 Å². The summed E-state index contributed by atoms with van der Waals surface area (Å²) in [4.78, 5) is 14.8. The average Bonchev–Trinajstić information content (AvgIpc) is 2.41. The van der Waals surface area contributed by atoms with Crippen LogP contribution in [0.3, 0.4) is 0 Å². The highest BCUT2D eigenvalue weighted by molar-refractivity contribution is 5.78. The smallest absolute Gasteiger partial charge is 0.251 e. The maximum absolute atomic E-state index is 13.1. The van der Waals surface area contributed by atoms with Crippen LogP contribution in [0.15, 0.2) is 29.1 Å². The van der Waals surface area contributed by atoms with E-state index in [1.54, 1.807) is 6.07 Å². The van der Waals surface area contributed by atoms with E-state index in [0.717, 1.165) is 43.3 Å². The molecule has 0 atom stereocenters. The molecule has 0 amide bonds. The van der Waals surface area contributed by atoms with Crippen molar-refractivity contribution in [3.8, 4) is 0 Å². The minimum atomic E-state index is -0.325. The Kier molecular flexibility index (Phi) is 3.34. The normalized spacial score (nSPS) is 16.9. The first-order chi connectivity index (χ1) is 9.22. The number of rotatable bonds is 2. The monoisotopic (exact) mass is 260 g/mol. The Morgan fingerprint density at radius 2 is 2.00 bits per heavy atom. The van der Waals surface area contributed by atoms with Crippen molar-refractivity contribution in [2.45, 2.75) is 19.3 Å². The molecule has 0 aliphatic carbocycles. The van der Waals surface area contributed by atoms with Crippen LogP contribution in [0.25, 0.3) is 10.9 Å². The van der Waals surface area contributed by atoms with Crippen LogP contribution < -0.4 is 10.9 Å². The molecule has 0 unspecified atom stereocenters. The highest BCUT2D eigenvalue weighted by atomic mass is 19.1. The van der Waals surface area contributed by atoms with Crippen molar-refractivity contribution in [2.75, 3.05) is 13.1 Å². The molecule has 2 aromatic rings. The molecule has 4 heteroatoms. The molecule has 19 heavy (non-hydrogen) atoms. The second-order valence-electron chi connectivity index (χ2n) is 5.25. The Balaban J connectivity index is 1.92. The number of hydrogen-bond acceptors (Lipinski definition) is 2. The van der Waals surface area contributed by atoms with Gasteiger partial charge in [0.05, 0.1) is 5.52 Å². The van der Waals surface area contributed by atoms with Gasteiger partial charge in [0.15, 0.2) is 0 Å². The number of pyridine rings is 1. The fourth-order valence-corrected chi connectivity index (χ4v) is 2.77. The molecule has 1 aliphatic rings. The first-order valence-corrected chi connectivity index (χ1v) is 6.74. The summed E-state index contributed by atoms with van der Waals surface area (Å²) in [5.74, 6) is 0.245. The van der Waals surface area contributed by atoms with E-state index in [-0.39, 0.29) is 11.4 Å². The molecular weight excluding hydrogens is 243 g/mol. The largest absolute Gasteiger partial charge is 0.322 e. The first-order valence-electron chi connectivity index (χ1n) is 6.74. The number of aromatic nitrogens is 1. The third-order valence-corrected chi connectivity index (χ3v) is 3.85. The van der Waals surface area contributed by atoms with E-state index in [1.165, 1.54) is 12.1 Å². The third kappa shape index (κ3) is 2.68. The average molecular weight is 260 g/mol. The van der Waals surface area contributed by atoms with E-state index in [0.29, 0.717) is 11.4 Å². The minimum Gasteiger partial charge on any atom is -0.322 e. The standard InChI is InChI=1S/C15H17FN2O/c16-13-2-1-11-8-12(15(19)18-14(11)9-13)7-10-3-5-17-6-4-10/h1-2,8-10,17H,3-7H2,(H,18,19). The van der Waals surface area contributed by atoms with Gasteiger partial charge in [-0.2, -0.15) is 0 Å². The van der Waals surface area contributed by atoms with Gasteiger partial charge in [-0.15, -0.1) is 0 Å². The van der Waals surface area contributed by atoms with Crippen molar-refractivity contribution >= 4 is 10.9 Å². The van der Waals surface area contributed by atoms with Gasteiger partial charge in [-0.1, -0.05) is 0 Å². The van der Waals surface area contributed by atoms with Gasteiger partial charge in [-0.3, -0.25) is 4.79 Å². The third-order valence-electron chi connectivity index (χ3n) is 3.85. The van der Waals surface area contributed by atoms with Crippen molar-refractivity contribution in [1.82, 2.24) is 10.3 Å². The van der Waals surface area contributed by atoms with Gasteiger partial charge in [0, 0.05) is 5.56 Å². The topological polar surface area (TPSA) is 44.9 Å². The zero-order chi connectivity index (χ0) is 13.2. The number of fused-ring (bicyclic) bond motifs is 1. The van der Waals surface area contributed by atoms with Crippen LogP contribution in [0.5, 0.6) is 0 Å². The predicted molar refractivity (Wildman–Crippen MR) is 73.8 cm³/mol. The summed E-state index contributed by atoms with van der Waals surface area (Å²) in [6, 6.07) is 6.40. The Bertz CT molecular complexity index is 644. The van der Waals surface area contributed by atoms with Crippen LogP contribution in [0.2, 0.25) is 0 Å². The molecule has 100 valence electrons. The summed E-state index contributed by atoms with van der Waals surface area (Å²) in [6.45, 7) is 2.06. The van der Waals surface area contributed by atoms with E-state index in [1.807, 2.05) is 6.07 Å². The maximum atomic E-state index is 13.1. The summed E-state index contributed by atoms with van der Waals surface area (Å²) in [7, 11) is 0. The van der Waals surface area contributed by atoms with Crippen LogP contribution in [-0.4, -0.2) is 18.1 Å². The second-order valence-corrected chi connectivity index (χ2v) is 5.25. The van der Waals surface area contributed by atoms with Crippen molar-refractivity contribution < 1.29 is 4.39 Å². The zero-order valence-electron chi connectivity index (χ0n) is 10.7. The molecule has 1 aliphatic heterocycles. The Morgan fingerprint density at radius 1 is 1.21 bits per heavy atom. The number of benzene rings is 1. The van der Waals surface area contributed by atoms with Crippen LogP contribution in [0.1, 0.15) is 18.4 Å². The van der Waals surface area contributed by atoms with Gasteiger partial charge < -0.3 is 10.3 Å². The Morgan fingerprint density at radius 3 is 2.79 bits per heavy atom. The molecule has 2 heterocycles. The number of H-pyrrole nitrogens is 1. The summed E-state index contributed by atoms with van der Waals surface area (Å²) < 4.78 is 13.1. The van der Waals surface area contributed by atoms with E-state index < -0.39 is 0 Å². The number of hydrogen-bond donors (Lipinski definition) is 2. The van der Waals surface area contributed by atoms with Gasteiger partial charge in [0.1, 0.15) is 5.82 Å². The molecule has 1 fully saturated rings. The van der Waals surface area contributed by atoms with E-state index in [2.05, 4.69) is 10.3 Å². The van der Waals surface area contributed by atoms with Crippen molar-refractivity contribution in [3.63, 3.8) is 0 Å².